The van der Waals surface area contributed by atoms with Crippen LogP contribution in [-0.2, 0) is 16.0 Å². The molecule has 7 nitrogen and oxygen atoms in total. The molecule has 1 unspecified atom stereocenters. The van der Waals surface area contributed by atoms with Crippen LogP contribution in [0.2, 0.25) is 0 Å². The van der Waals surface area contributed by atoms with Crippen LogP contribution in [0.15, 0.2) is 0 Å². The van der Waals surface area contributed by atoms with E-state index in [0.717, 1.165) is 37.5 Å². The van der Waals surface area contributed by atoms with Crippen LogP contribution >= 0.6 is 0 Å². The second-order valence-electron chi connectivity index (χ2n) is 6.80. The lowest BCUT2D eigenvalue weighted by molar-refractivity contribution is -0.117. The number of hydrogen-bond acceptors (Lipinski definition) is 6. The van der Waals surface area contributed by atoms with E-state index in [4.69, 9.17) is 10.5 Å². The van der Waals surface area contributed by atoms with Gasteiger partial charge in [-0.1, -0.05) is 12.8 Å². The van der Waals surface area contributed by atoms with E-state index in [9.17, 15) is 4.79 Å². The van der Waals surface area contributed by atoms with Gasteiger partial charge < -0.3 is 15.8 Å². The third kappa shape index (κ3) is 3.10. The predicted octanol–water partition coefficient (Wildman–Crippen LogP) is 1.20. The Balaban J connectivity index is 1.50. The second-order valence-corrected chi connectivity index (χ2v) is 6.80. The number of anilines is 3. The maximum atomic E-state index is 12.3. The molecule has 1 saturated heterocycles. The highest BCUT2D eigenvalue weighted by atomic mass is 16.5. The van der Waals surface area contributed by atoms with Gasteiger partial charge >= 0.3 is 0 Å². The van der Waals surface area contributed by atoms with E-state index < -0.39 is 0 Å². The highest BCUT2D eigenvalue weighted by Crippen LogP contribution is 2.34. The molecule has 1 saturated carbocycles. The van der Waals surface area contributed by atoms with Crippen molar-refractivity contribution in [1.29, 1.82) is 0 Å². The van der Waals surface area contributed by atoms with Gasteiger partial charge in [0.05, 0.1) is 13.0 Å². The van der Waals surface area contributed by atoms with Crippen LogP contribution in [0, 0.1) is 11.8 Å². The summed E-state index contributed by atoms with van der Waals surface area (Å²) < 4.78 is 5.41. The van der Waals surface area contributed by atoms with Crippen LogP contribution < -0.4 is 16.0 Å². The number of nitrogen functional groups attached to an aromatic ring is 1. The van der Waals surface area contributed by atoms with Crippen molar-refractivity contribution in [1.82, 2.24) is 9.97 Å². The number of hydrogen-bond donors (Lipinski definition) is 2. The Labute approximate surface area is 135 Å². The lowest BCUT2D eigenvalue weighted by atomic mass is 10.1. The summed E-state index contributed by atoms with van der Waals surface area (Å²) in [4.78, 5) is 23.0. The van der Waals surface area contributed by atoms with Crippen LogP contribution in [0.1, 0.15) is 31.2 Å². The van der Waals surface area contributed by atoms with Gasteiger partial charge in [-0.05, 0) is 18.8 Å². The van der Waals surface area contributed by atoms with Gasteiger partial charge in [-0.3, -0.25) is 9.69 Å². The standard InChI is InChI=1S/C16H23N5O2/c17-14-12-7-13(22)21(8-11-4-6-23-9-11)15(12)20-16(19-14)18-5-3-10-1-2-10/h10-11H,1-9H2,(H3,17,18,19,20). The summed E-state index contributed by atoms with van der Waals surface area (Å²) in [6.45, 7) is 3.00. The average molecular weight is 317 g/mol. The number of amides is 1. The maximum Gasteiger partial charge on any atom is 0.232 e. The molecule has 3 aliphatic rings. The lowest BCUT2D eigenvalue weighted by Gasteiger charge is -2.20. The van der Waals surface area contributed by atoms with Crippen LogP contribution in [0.3, 0.4) is 0 Å². The Kier molecular flexibility index (Phi) is 3.80. The van der Waals surface area contributed by atoms with Crippen molar-refractivity contribution >= 4 is 23.5 Å². The molecule has 3 heterocycles. The Morgan fingerprint density at radius 1 is 1.26 bits per heavy atom. The largest absolute Gasteiger partial charge is 0.383 e. The summed E-state index contributed by atoms with van der Waals surface area (Å²) in [6.07, 6.45) is 5.10. The number of carbonyl (C=O) groups is 1. The van der Waals surface area contributed by atoms with E-state index >= 15 is 0 Å². The van der Waals surface area contributed by atoms with Crippen molar-refractivity contribution < 1.29 is 9.53 Å². The molecule has 7 heteroatoms. The van der Waals surface area contributed by atoms with Crippen LogP contribution in [0.25, 0.3) is 0 Å². The normalized spacial score (nSPS) is 23.4. The van der Waals surface area contributed by atoms with Crippen molar-refractivity contribution in [3.63, 3.8) is 0 Å². The van der Waals surface area contributed by atoms with Gasteiger partial charge in [0.2, 0.25) is 11.9 Å². The summed E-state index contributed by atoms with van der Waals surface area (Å²) in [5.74, 6) is 2.93. The minimum Gasteiger partial charge on any atom is -0.383 e. The molecular formula is C16H23N5O2. The lowest BCUT2D eigenvalue weighted by Crippen LogP contribution is -2.33. The molecule has 4 rings (SSSR count). The zero-order valence-electron chi connectivity index (χ0n) is 13.3. The molecule has 0 spiro atoms. The monoisotopic (exact) mass is 317 g/mol. The Morgan fingerprint density at radius 3 is 2.87 bits per heavy atom. The number of ether oxygens (including phenoxy) is 1. The molecule has 124 valence electrons. The smallest absolute Gasteiger partial charge is 0.232 e. The first-order valence-corrected chi connectivity index (χ1v) is 8.49. The molecule has 1 aromatic rings. The van der Waals surface area contributed by atoms with Crippen molar-refractivity contribution in [2.75, 3.05) is 42.3 Å². The van der Waals surface area contributed by atoms with Gasteiger partial charge in [-0.2, -0.15) is 9.97 Å². The highest BCUT2D eigenvalue weighted by Gasteiger charge is 2.34. The van der Waals surface area contributed by atoms with Gasteiger partial charge in [0.15, 0.2) is 0 Å². The van der Waals surface area contributed by atoms with Crippen molar-refractivity contribution in [3.8, 4) is 0 Å². The van der Waals surface area contributed by atoms with Gasteiger partial charge in [0.25, 0.3) is 0 Å². The molecule has 23 heavy (non-hydrogen) atoms. The first-order valence-electron chi connectivity index (χ1n) is 8.49. The number of aromatic nitrogens is 2. The molecule has 0 radical (unpaired) electrons. The van der Waals surface area contributed by atoms with Gasteiger partial charge in [0.1, 0.15) is 11.6 Å². The fourth-order valence-corrected chi connectivity index (χ4v) is 3.29. The van der Waals surface area contributed by atoms with E-state index in [-0.39, 0.29) is 5.91 Å². The SMILES string of the molecule is Nc1nc(NCCC2CC2)nc2c1CC(=O)N2CC1CCOC1. The topological polar surface area (TPSA) is 93.4 Å². The van der Waals surface area contributed by atoms with Crippen LogP contribution in [0.5, 0.6) is 0 Å². The molecule has 1 atom stereocenters. The van der Waals surface area contributed by atoms with E-state index in [1.165, 1.54) is 12.8 Å². The molecular weight excluding hydrogens is 294 g/mol. The minimum absolute atomic E-state index is 0.0584. The van der Waals surface area contributed by atoms with E-state index in [1.54, 1.807) is 4.90 Å². The Morgan fingerprint density at radius 2 is 2.13 bits per heavy atom. The molecule has 1 aromatic heterocycles. The number of nitrogens with zero attached hydrogens (tertiary/aromatic N) is 3. The van der Waals surface area contributed by atoms with E-state index in [0.29, 0.717) is 43.1 Å². The van der Waals surface area contributed by atoms with Crippen molar-refractivity contribution in [3.05, 3.63) is 5.56 Å². The third-order valence-electron chi connectivity index (χ3n) is 4.90. The fourth-order valence-electron chi connectivity index (χ4n) is 3.29. The molecule has 2 fully saturated rings. The number of nitrogens with two attached hydrogens (primary N) is 1. The Bertz CT molecular complexity index is 611. The summed E-state index contributed by atoms with van der Waals surface area (Å²) >= 11 is 0. The van der Waals surface area contributed by atoms with Gasteiger partial charge in [-0.25, -0.2) is 0 Å². The number of rotatable bonds is 6. The first kappa shape index (κ1) is 14.7. The molecule has 1 aliphatic carbocycles. The second kappa shape index (κ2) is 5.96. The zero-order valence-corrected chi connectivity index (χ0v) is 13.3. The molecule has 3 N–H and O–H groups in total. The van der Waals surface area contributed by atoms with E-state index in [2.05, 4.69) is 15.3 Å². The highest BCUT2D eigenvalue weighted by molar-refractivity contribution is 6.01. The fraction of sp³-hybridized carbons (Fsp3) is 0.688. The quantitative estimate of drug-likeness (QED) is 0.819. The number of nitrogens with one attached hydrogen (secondary N) is 1. The van der Waals surface area contributed by atoms with Crippen molar-refractivity contribution in [2.45, 2.75) is 32.1 Å². The first-order chi connectivity index (χ1) is 11.2. The predicted molar refractivity (Wildman–Crippen MR) is 87.3 cm³/mol. The molecule has 0 bridgehead atoms. The molecule has 0 aromatic carbocycles. The number of carbonyl (C=O) groups excluding carboxylic acids is 1. The van der Waals surface area contributed by atoms with E-state index in [1.807, 2.05) is 0 Å². The maximum absolute atomic E-state index is 12.3. The summed E-state index contributed by atoms with van der Waals surface area (Å²) in [6, 6.07) is 0. The molecule has 2 aliphatic heterocycles. The summed E-state index contributed by atoms with van der Waals surface area (Å²) in [5, 5.41) is 3.25. The molecule has 1 amide bonds. The van der Waals surface area contributed by atoms with Gasteiger partial charge in [0, 0.05) is 31.2 Å². The Hall–Kier alpha value is -1.89. The minimum atomic E-state index is 0.0584. The summed E-state index contributed by atoms with van der Waals surface area (Å²) in [7, 11) is 0. The van der Waals surface area contributed by atoms with Gasteiger partial charge in [-0.15, -0.1) is 0 Å². The summed E-state index contributed by atoms with van der Waals surface area (Å²) in [5.41, 5.74) is 6.82. The zero-order chi connectivity index (χ0) is 15.8. The van der Waals surface area contributed by atoms with Crippen LogP contribution in [0.4, 0.5) is 17.6 Å². The van der Waals surface area contributed by atoms with Crippen molar-refractivity contribution in [2.24, 2.45) is 11.8 Å². The third-order valence-corrected chi connectivity index (χ3v) is 4.90. The number of fused-ring (bicyclic) bond motifs is 1. The average Bonchev–Trinajstić information content (AvgIpc) is 3.10. The van der Waals surface area contributed by atoms with Crippen LogP contribution in [-0.4, -0.2) is 42.2 Å².